The van der Waals surface area contributed by atoms with Gasteiger partial charge >= 0.3 is 5.97 Å². The molecular weight excluding hydrogens is 236 g/mol. The molecule has 0 atom stereocenters. The molecule has 7 nitrogen and oxygen atoms in total. The fourth-order valence-corrected chi connectivity index (χ4v) is 1.78. The Morgan fingerprint density at radius 3 is 3.06 bits per heavy atom. The topological polar surface area (TPSA) is 89.3 Å². The van der Waals surface area contributed by atoms with Crippen molar-refractivity contribution in [2.75, 3.05) is 7.11 Å². The van der Waals surface area contributed by atoms with Crippen molar-refractivity contribution in [3.8, 4) is 0 Å². The molecule has 18 heavy (non-hydrogen) atoms. The molecule has 0 bridgehead atoms. The molecule has 0 aliphatic rings. The quantitative estimate of drug-likeness (QED) is 0.624. The van der Waals surface area contributed by atoms with E-state index in [-0.39, 0.29) is 11.4 Å². The van der Waals surface area contributed by atoms with E-state index in [4.69, 9.17) is 0 Å². The summed E-state index contributed by atoms with van der Waals surface area (Å²) in [6.07, 6.45) is 3.20. The zero-order valence-corrected chi connectivity index (χ0v) is 9.38. The van der Waals surface area contributed by atoms with E-state index in [1.54, 1.807) is 22.7 Å². The van der Waals surface area contributed by atoms with Crippen molar-refractivity contribution < 1.29 is 9.53 Å². The van der Waals surface area contributed by atoms with Crippen LogP contribution < -0.4 is 5.56 Å². The molecule has 90 valence electrons. The van der Waals surface area contributed by atoms with E-state index in [1.165, 1.54) is 13.3 Å². The highest BCUT2D eigenvalue weighted by Gasteiger charge is 2.12. The Labute approximate surface area is 100 Å². The van der Waals surface area contributed by atoms with Gasteiger partial charge in [-0.25, -0.2) is 14.8 Å². The number of esters is 1. The van der Waals surface area contributed by atoms with Crippen LogP contribution in [-0.4, -0.2) is 32.4 Å². The van der Waals surface area contributed by atoms with Crippen LogP contribution in [-0.2, 0) is 4.74 Å². The lowest BCUT2D eigenvalue weighted by molar-refractivity contribution is 0.0587. The first-order chi connectivity index (χ1) is 8.70. The molecule has 0 spiro atoms. The number of carbonyl (C=O) groups is 1. The van der Waals surface area contributed by atoms with Crippen LogP contribution in [0.5, 0.6) is 0 Å². The predicted octanol–water partition coefficient (Wildman–Crippen LogP) is 0.357. The molecule has 0 aliphatic carbocycles. The van der Waals surface area contributed by atoms with E-state index >= 15 is 0 Å². The first kappa shape index (κ1) is 10.5. The van der Waals surface area contributed by atoms with Gasteiger partial charge in [0.25, 0.3) is 5.56 Å². The highest BCUT2D eigenvalue weighted by Crippen LogP contribution is 2.10. The second-order valence-electron chi connectivity index (χ2n) is 3.64. The zero-order valence-electron chi connectivity index (χ0n) is 9.38. The van der Waals surface area contributed by atoms with Crippen LogP contribution in [0.3, 0.4) is 0 Å². The second kappa shape index (κ2) is 3.66. The molecule has 0 radical (unpaired) electrons. The smallest absolute Gasteiger partial charge is 0.376 e. The van der Waals surface area contributed by atoms with Crippen molar-refractivity contribution in [2.45, 2.75) is 0 Å². The lowest BCUT2D eigenvalue weighted by Gasteiger charge is -2.03. The molecule has 0 unspecified atom stereocenters. The summed E-state index contributed by atoms with van der Waals surface area (Å²) in [6.45, 7) is 0. The number of rotatable bonds is 1. The molecule has 3 aromatic rings. The molecule has 0 saturated heterocycles. The van der Waals surface area contributed by atoms with Crippen LogP contribution in [0.1, 0.15) is 10.6 Å². The van der Waals surface area contributed by atoms with Gasteiger partial charge in [0.15, 0.2) is 5.65 Å². The average Bonchev–Trinajstić information content (AvgIpc) is 2.87. The molecule has 0 aliphatic heterocycles. The normalized spacial score (nSPS) is 10.9. The van der Waals surface area contributed by atoms with Gasteiger partial charge in [-0.1, -0.05) is 0 Å². The lowest BCUT2D eigenvalue weighted by atomic mass is 10.4. The highest BCUT2D eigenvalue weighted by atomic mass is 16.5. The number of methoxy groups -OCH3 is 1. The minimum absolute atomic E-state index is 0.0906. The van der Waals surface area contributed by atoms with Gasteiger partial charge in [-0.15, -0.1) is 0 Å². The van der Waals surface area contributed by atoms with Crippen LogP contribution in [0.2, 0.25) is 0 Å². The largest absolute Gasteiger partial charge is 0.463 e. The van der Waals surface area contributed by atoms with Gasteiger partial charge in [0.2, 0.25) is 5.82 Å². The third-order valence-corrected chi connectivity index (χ3v) is 2.61. The SMILES string of the molecule is COC(=O)c1ncc2c(n1)[nH]c(=O)c1cccn12. The first-order valence-electron chi connectivity index (χ1n) is 5.15. The summed E-state index contributed by atoms with van der Waals surface area (Å²) in [7, 11) is 1.24. The number of nitrogens with one attached hydrogen (secondary N) is 1. The maximum absolute atomic E-state index is 11.8. The predicted molar refractivity (Wildman–Crippen MR) is 62.5 cm³/mol. The van der Waals surface area contributed by atoms with Crippen molar-refractivity contribution in [3.05, 3.63) is 40.7 Å². The number of aromatic amines is 1. The molecule has 0 saturated carbocycles. The Bertz CT molecular complexity index is 818. The van der Waals surface area contributed by atoms with E-state index in [2.05, 4.69) is 19.7 Å². The fourth-order valence-electron chi connectivity index (χ4n) is 1.78. The zero-order chi connectivity index (χ0) is 12.7. The van der Waals surface area contributed by atoms with Crippen molar-refractivity contribution >= 4 is 22.6 Å². The number of hydrogen-bond acceptors (Lipinski definition) is 5. The number of aromatic nitrogens is 4. The Hall–Kier alpha value is -2.70. The van der Waals surface area contributed by atoms with Crippen LogP contribution in [0.15, 0.2) is 29.3 Å². The van der Waals surface area contributed by atoms with E-state index in [0.717, 1.165) is 0 Å². The monoisotopic (exact) mass is 244 g/mol. The molecule has 0 aromatic carbocycles. The maximum atomic E-state index is 11.8. The minimum Gasteiger partial charge on any atom is -0.463 e. The third-order valence-electron chi connectivity index (χ3n) is 2.61. The molecule has 1 N–H and O–H groups in total. The van der Waals surface area contributed by atoms with E-state index in [9.17, 15) is 9.59 Å². The standard InChI is InChI=1S/C11H8N4O3/c1-18-11(17)9-12-5-7-8(13-9)14-10(16)6-3-2-4-15(6)7/h2-5H,1H3,(H,12,13,14,16). The van der Waals surface area contributed by atoms with Crippen molar-refractivity contribution in [3.63, 3.8) is 0 Å². The first-order valence-corrected chi connectivity index (χ1v) is 5.15. The summed E-state index contributed by atoms with van der Waals surface area (Å²) in [5.74, 6) is -0.738. The van der Waals surface area contributed by atoms with E-state index in [0.29, 0.717) is 16.7 Å². The number of hydrogen-bond donors (Lipinski definition) is 1. The molecule has 7 heteroatoms. The highest BCUT2D eigenvalue weighted by molar-refractivity contribution is 5.87. The molecule has 3 rings (SSSR count). The van der Waals surface area contributed by atoms with Crippen LogP contribution in [0, 0.1) is 0 Å². The second-order valence-corrected chi connectivity index (χ2v) is 3.64. The summed E-state index contributed by atoms with van der Waals surface area (Å²) >= 11 is 0. The van der Waals surface area contributed by atoms with Crippen LogP contribution in [0.25, 0.3) is 16.7 Å². The van der Waals surface area contributed by atoms with Crippen molar-refractivity contribution in [2.24, 2.45) is 0 Å². The van der Waals surface area contributed by atoms with Gasteiger partial charge in [0.1, 0.15) is 11.0 Å². The van der Waals surface area contributed by atoms with Crippen LogP contribution >= 0.6 is 0 Å². The molecule has 3 aromatic heterocycles. The summed E-state index contributed by atoms with van der Waals surface area (Å²) in [6, 6.07) is 3.44. The maximum Gasteiger partial charge on any atom is 0.376 e. The Morgan fingerprint density at radius 1 is 1.44 bits per heavy atom. The van der Waals surface area contributed by atoms with Crippen molar-refractivity contribution in [1.82, 2.24) is 19.4 Å². The Kier molecular flexibility index (Phi) is 2.12. The fraction of sp³-hybridized carbons (Fsp3) is 0.0909. The van der Waals surface area contributed by atoms with Crippen molar-refractivity contribution in [1.29, 1.82) is 0 Å². The van der Waals surface area contributed by atoms with E-state index < -0.39 is 5.97 Å². The Morgan fingerprint density at radius 2 is 2.28 bits per heavy atom. The number of fused-ring (bicyclic) bond motifs is 3. The minimum atomic E-state index is -0.648. The van der Waals surface area contributed by atoms with Gasteiger partial charge in [-0.2, -0.15) is 0 Å². The summed E-state index contributed by atoms with van der Waals surface area (Å²) in [4.78, 5) is 33.5. The molecule has 0 amide bonds. The van der Waals surface area contributed by atoms with Gasteiger partial charge in [-0.05, 0) is 12.1 Å². The van der Waals surface area contributed by atoms with E-state index in [1.807, 2.05) is 0 Å². The van der Waals surface area contributed by atoms with Gasteiger partial charge in [0.05, 0.1) is 13.3 Å². The van der Waals surface area contributed by atoms with Gasteiger partial charge in [0, 0.05) is 6.20 Å². The van der Waals surface area contributed by atoms with Crippen LogP contribution in [0.4, 0.5) is 0 Å². The van der Waals surface area contributed by atoms with Gasteiger partial charge in [-0.3, -0.25) is 4.79 Å². The number of carbonyl (C=O) groups excluding carboxylic acids is 1. The summed E-state index contributed by atoms with van der Waals surface area (Å²) < 4.78 is 6.19. The number of nitrogens with zero attached hydrogens (tertiary/aromatic N) is 3. The molecular formula is C11H8N4O3. The average molecular weight is 244 g/mol. The Balaban J connectivity index is 2.39. The van der Waals surface area contributed by atoms with Gasteiger partial charge < -0.3 is 14.1 Å². The molecule has 0 fully saturated rings. The third kappa shape index (κ3) is 1.37. The number of ether oxygens (including phenoxy) is 1. The lowest BCUT2D eigenvalue weighted by Crippen LogP contribution is -2.14. The summed E-state index contributed by atoms with van der Waals surface area (Å²) in [5.41, 5.74) is 1.13. The number of H-pyrrole nitrogens is 1. The summed E-state index contributed by atoms with van der Waals surface area (Å²) in [5, 5.41) is 0. The molecule has 3 heterocycles.